The first-order chi connectivity index (χ1) is 14.0. The van der Waals surface area contributed by atoms with Crippen molar-refractivity contribution in [2.45, 2.75) is 39.3 Å². The zero-order valence-electron chi connectivity index (χ0n) is 17.1. The van der Waals surface area contributed by atoms with Crippen LogP contribution in [0.3, 0.4) is 0 Å². The van der Waals surface area contributed by atoms with Gasteiger partial charge in [0.05, 0.1) is 13.1 Å². The minimum absolute atomic E-state index is 0.0103. The first kappa shape index (κ1) is 19.5. The van der Waals surface area contributed by atoms with E-state index >= 15 is 0 Å². The summed E-state index contributed by atoms with van der Waals surface area (Å²) < 4.78 is 2.30. The molecule has 4 N–H and O–H groups in total. The average molecular weight is 394 g/mol. The Kier molecular flexibility index (Phi) is 5.28. The minimum Gasteiger partial charge on any atom is -0.369 e. The van der Waals surface area contributed by atoms with Gasteiger partial charge in [-0.3, -0.25) is 9.59 Å². The Hall–Kier alpha value is -2.86. The largest absolute Gasteiger partial charge is 0.369 e. The van der Waals surface area contributed by atoms with Crippen molar-refractivity contribution in [3.8, 4) is 0 Å². The topological polar surface area (TPSA) is 81.6 Å². The number of nitrogens with zero attached hydrogens (tertiary/aromatic N) is 1. The Morgan fingerprint density at radius 1 is 1.14 bits per heavy atom. The second kappa shape index (κ2) is 7.87. The summed E-state index contributed by atoms with van der Waals surface area (Å²) in [5, 5.41) is 5.45. The van der Waals surface area contributed by atoms with E-state index in [1.54, 1.807) is 0 Å². The van der Waals surface area contributed by atoms with Gasteiger partial charge < -0.3 is 20.5 Å². The second-order valence-electron chi connectivity index (χ2n) is 8.04. The number of anilines is 1. The van der Waals surface area contributed by atoms with E-state index in [0.29, 0.717) is 0 Å². The lowest BCUT2D eigenvalue weighted by Gasteiger charge is -2.31. The molecule has 1 saturated heterocycles. The number of hydrogen-bond donors (Lipinski definition) is 3. The van der Waals surface area contributed by atoms with E-state index in [0.717, 1.165) is 43.5 Å². The normalized spacial score (nSPS) is 20.6. The number of hydrogen-bond acceptors (Lipinski definition) is 2. The zero-order valence-corrected chi connectivity index (χ0v) is 17.1. The van der Waals surface area contributed by atoms with Crippen molar-refractivity contribution in [3.63, 3.8) is 0 Å². The predicted octanol–water partition coefficient (Wildman–Crippen LogP) is 1.92. The van der Waals surface area contributed by atoms with Crippen molar-refractivity contribution < 1.29 is 14.5 Å². The van der Waals surface area contributed by atoms with E-state index in [1.807, 2.05) is 19.1 Å². The fourth-order valence-electron chi connectivity index (χ4n) is 4.61. The molecule has 29 heavy (non-hydrogen) atoms. The molecule has 0 saturated carbocycles. The lowest BCUT2D eigenvalue weighted by atomic mass is 9.95. The monoisotopic (exact) mass is 393 g/mol. The molecule has 1 aliphatic rings. The molecule has 0 spiro atoms. The highest BCUT2D eigenvalue weighted by molar-refractivity contribution is 6.09. The van der Waals surface area contributed by atoms with E-state index in [-0.39, 0.29) is 23.8 Å². The third-order valence-corrected chi connectivity index (χ3v) is 6.39. The van der Waals surface area contributed by atoms with Gasteiger partial charge in [0.2, 0.25) is 5.91 Å². The molecule has 4 rings (SSSR count). The summed E-state index contributed by atoms with van der Waals surface area (Å²) in [7, 11) is 0. The Morgan fingerprint density at radius 2 is 1.83 bits per heavy atom. The third-order valence-electron chi connectivity index (χ3n) is 6.39. The van der Waals surface area contributed by atoms with Gasteiger partial charge in [0.25, 0.3) is 5.91 Å². The maximum absolute atomic E-state index is 12.9. The van der Waals surface area contributed by atoms with Crippen LogP contribution >= 0.6 is 0 Å². The van der Waals surface area contributed by atoms with Gasteiger partial charge in [0.15, 0.2) is 6.04 Å². The van der Waals surface area contributed by atoms with Crippen LogP contribution in [0.2, 0.25) is 0 Å². The fourth-order valence-corrected chi connectivity index (χ4v) is 4.61. The van der Waals surface area contributed by atoms with Crippen LogP contribution in [-0.4, -0.2) is 35.5 Å². The lowest BCUT2D eigenvalue weighted by Crippen LogP contribution is -3.17. The van der Waals surface area contributed by atoms with Crippen LogP contribution < -0.4 is 16.0 Å². The van der Waals surface area contributed by atoms with Crippen LogP contribution in [-0.2, 0) is 16.1 Å². The Morgan fingerprint density at radius 3 is 2.52 bits per heavy atom. The number of para-hydroxylation sites is 1. The molecule has 0 aliphatic carbocycles. The first-order valence-corrected chi connectivity index (χ1v) is 10.4. The number of primary amides is 1. The van der Waals surface area contributed by atoms with Crippen LogP contribution in [0.5, 0.6) is 0 Å². The molecule has 2 aromatic carbocycles. The number of nitrogens with two attached hydrogens (primary N) is 1. The molecular formula is C23H29N4O2+. The van der Waals surface area contributed by atoms with Gasteiger partial charge in [-0.15, -0.1) is 0 Å². The van der Waals surface area contributed by atoms with E-state index < -0.39 is 0 Å². The van der Waals surface area contributed by atoms with Gasteiger partial charge >= 0.3 is 0 Å². The maximum Gasteiger partial charge on any atom is 0.282 e. The highest BCUT2D eigenvalue weighted by atomic mass is 16.2. The lowest BCUT2D eigenvalue weighted by molar-refractivity contribution is -0.919. The molecule has 6 heteroatoms. The van der Waals surface area contributed by atoms with E-state index in [4.69, 9.17) is 5.73 Å². The molecule has 0 bridgehead atoms. The number of nitrogens with one attached hydrogen (secondary N) is 2. The quantitative estimate of drug-likeness (QED) is 0.619. The average Bonchev–Trinajstić information content (AvgIpc) is 3.06. The van der Waals surface area contributed by atoms with Crippen LogP contribution in [0.4, 0.5) is 5.69 Å². The number of carbonyl (C=O) groups is 2. The highest BCUT2D eigenvalue weighted by Gasteiger charge is 2.32. The molecule has 0 unspecified atom stereocenters. The number of quaternary nitrogens is 1. The smallest absolute Gasteiger partial charge is 0.282 e. The van der Waals surface area contributed by atoms with Gasteiger partial charge in [0, 0.05) is 52.8 Å². The molecule has 6 nitrogen and oxygen atoms in total. The molecule has 2 amide bonds. The first-order valence-electron chi connectivity index (χ1n) is 10.4. The Bertz CT molecular complexity index is 1060. The van der Waals surface area contributed by atoms with Crippen molar-refractivity contribution in [2.75, 3.05) is 18.4 Å². The van der Waals surface area contributed by atoms with E-state index in [1.165, 1.54) is 21.3 Å². The van der Waals surface area contributed by atoms with Gasteiger partial charge in [-0.1, -0.05) is 18.2 Å². The number of carbonyl (C=O) groups excluding carboxylic acids is 2. The minimum atomic E-state index is -0.222. The molecule has 1 aliphatic heterocycles. The van der Waals surface area contributed by atoms with Crippen LogP contribution in [0, 0.1) is 5.92 Å². The van der Waals surface area contributed by atoms with Crippen molar-refractivity contribution >= 4 is 39.3 Å². The van der Waals surface area contributed by atoms with Crippen LogP contribution in [0.25, 0.3) is 21.8 Å². The van der Waals surface area contributed by atoms with E-state index in [2.05, 4.69) is 47.1 Å². The number of benzene rings is 2. The number of fused-ring (bicyclic) bond motifs is 3. The summed E-state index contributed by atoms with van der Waals surface area (Å²) in [4.78, 5) is 25.4. The molecule has 1 atom stereocenters. The number of aromatic nitrogens is 1. The molecule has 0 radical (unpaired) electrons. The summed E-state index contributed by atoms with van der Waals surface area (Å²) in [6, 6.07) is 14.3. The number of aryl methyl sites for hydroxylation is 1. The van der Waals surface area contributed by atoms with Crippen LogP contribution in [0.15, 0.2) is 42.5 Å². The SMILES string of the molecule is CCn1c2ccccc2c2cc(NC(=O)[C@H](C)[NH+]3CCC(C(N)=O)CC3)ccc21. The van der Waals surface area contributed by atoms with Gasteiger partial charge in [-0.05, 0) is 38.1 Å². The number of amides is 2. The molecule has 1 fully saturated rings. The van der Waals surface area contributed by atoms with Crippen molar-refractivity contribution in [2.24, 2.45) is 11.7 Å². The molecular weight excluding hydrogens is 364 g/mol. The number of rotatable bonds is 5. The van der Waals surface area contributed by atoms with Gasteiger partial charge in [0.1, 0.15) is 0 Å². The Balaban J connectivity index is 1.53. The zero-order chi connectivity index (χ0) is 20.5. The van der Waals surface area contributed by atoms with Crippen molar-refractivity contribution in [1.29, 1.82) is 0 Å². The summed E-state index contributed by atoms with van der Waals surface area (Å²) in [5.41, 5.74) is 8.63. The molecule has 3 aromatic rings. The van der Waals surface area contributed by atoms with Gasteiger partial charge in [-0.25, -0.2) is 0 Å². The van der Waals surface area contributed by atoms with E-state index in [9.17, 15) is 9.59 Å². The third kappa shape index (κ3) is 3.60. The highest BCUT2D eigenvalue weighted by Crippen LogP contribution is 2.31. The van der Waals surface area contributed by atoms with Gasteiger partial charge in [-0.2, -0.15) is 0 Å². The van der Waals surface area contributed by atoms with Crippen LogP contribution in [0.1, 0.15) is 26.7 Å². The summed E-state index contributed by atoms with van der Waals surface area (Å²) >= 11 is 0. The second-order valence-corrected chi connectivity index (χ2v) is 8.04. The number of likely N-dealkylation sites (tertiary alicyclic amines) is 1. The molecule has 152 valence electrons. The predicted molar refractivity (Wildman–Crippen MR) is 116 cm³/mol. The molecule has 2 heterocycles. The number of piperidine rings is 1. The van der Waals surface area contributed by atoms with Crippen molar-refractivity contribution in [3.05, 3.63) is 42.5 Å². The summed E-state index contributed by atoms with van der Waals surface area (Å²) in [5.74, 6) is -0.260. The summed E-state index contributed by atoms with van der Waals surface area (Å²) in [6.07, 6.45) is 1.51. The summed E-state index contributed by atoms with van der Waals surface area (Å²) in [6.45, 7) is 6.60. The Labute approximate surface area is 170 Å². The molecule has 1 aromatic heterocycles. The van der Waals surface area contributed by atoms with Crippen molar-refractivity contribution in [1.82, 2.24) is 4.57 Å². The fraction of sp³-hybridized carbons (Fsp3) is 0.391. The maximum atomic E-state index is 12.9. The standard InChI is InChI=1S/C23H28N4O2/c1-3-27-20-7-5-4-6-18(20)19-14-17(8-9-21(19)27)25-23(29)15(2)26-12-10-16(11-13-26)22(24)28/h4-9,14-16H,3,10-13H2,1-2H3,(H2,24,28)(H,25,29)/p+1/t15-/m0/s1.